The monoisotopic (exact) mass is 812 g/mol. The standard InChI is InChI=1S/C57H36N2S2/c1-32-50-38(21-12-22-44(50)55-53(51(32)42-19-7-9-23-48(42)60)41-27-25-36(31-47(41)59-55)33-13-3-2-4-14-33)37-16-11-15-34(29-37)35-26-28-46-45(30-35)52-39-17-5-6-18-40(39)57-54(56(52)58-46)43-20-8-10-24-49(43)61-57/h2-31,58-60H,1H3. The van der Waals surface area contributed by atoms with Crippen LogP contribution in [0.3, 0.4) is 0 Å². The molecule has 0 bridgehead atoms. The normalized spacial score (nSPS) is 12.1. The van der Waals surface area contributed by atoms with Crippen LogP contribution in [-0.4, -0.2) is 9.97 Å². The number of nitrogens with one attached hydrogen (secondary N) is 2. The van der Waals surface area contributed by atoms with Crippen LogP contribution in [0.2, 0.25) is 0 Å². The summed E-state index contributed by atoms with van der Waals surface area (Å²) in [5.74, 6) is 0. The number of H-pyrrole nitrogens is 2. The molecular weight excluding hydrogens is 777 g/mol. The summed E-state index contributed by atoms with van der Waals surface area (Å²) in [6, 6.07) is 66.6. The molecule has 0 radical (unpaired) electrons. The van der Waals surface area contributed by atoms with Crippen LogP contribution in [0.25, 0.3) is 130 Å². The van der Waals surface area contributed by atoms with Crippen molar-refractivity contribution in [1.82, 2.24) is 9.97 Å². The first-order valence-electron chi connectivity index (χ1n) is 20.8. The average Bonchev–Trinajstić information content (AvgIpc) is 4.01. The minimum absolute atomic E-state index is 0.967. The minimum Gasteiger partial charge on any atom is -0.354 e. The third kappa shape index (κ3) is 5.10. The summed E-state index contributed by atoms with van der Waals surface area (Å²) >= 11 is 6.94. The van der Waals surface area contributed by atoms with Gasteiger partial charge in [0.1, 0.15) is 0 Å². The van der Waals surface area contributed by atoms with E-state index in [2.05, 4.69) is 199 Å². The summed E-state index contributed by atoms with van der Waals surface area (Å²) in [5.41, 5.74) is 15.5. The van der Waals surface area contributed by atoms with E-state index in [4.69, 9.17) is 12.6 Å². The van der Waals surface area contributed by atoms with Crippen molar-refractivity contribution in [2.24, 2.45) is 0 Å². The van der Waals surface area contributed by atoms with Crippen molar-refractivity contribution >= 4 is 109 Å². The quantitative estimate of drug-likeness (QED) is 0.148. The highest BCUT2D eigenvalue weighted by molar-refractivity contribution is 7.80. The maximum absolute atomic E-state index is 5.05. The Morgan fingerprint density at radius 3 is 1.93 bits per heavy atom. The molecule has 0 atom stereocenters. The van der Waals surface area contributed by atoms with Gasteiger partial charge >= 0.3 is 0 Å². The second kappa shape index (κ2) is 13.2. The molecule has 3 heterocycles. The molecule has 2 N–H and O–H groups in total. The van der Waals surface area contributed by atoms with Crippen molar-refractivity contribution in [2.75, 3.05) is 0 Å². The molecule has 2 nitrogen and oxygen atoms in total. The summed E-state index contributed by atoms with van der Waals surface area (Å²) in [6.45, 7) is 2.30. The Balaban J connectivity index is 1.03. The highest BCUT2D eigenvalue weighted by Crippen LogP contribution is 2.49. The van der Waals surface area contributed by atoms with Crippen LogP contribution in [0.15, 0.2) is 187 Å². The number of thiophene rings is 1. The van der Waals surface area contributed by atoms with Gasteiger partial charge in [-0.3, -0.25) is 0 Å². The lowest BCUT2D eigenvalue weighted by Crippen LogP contribution is -1.93. The predicted octanol–water partition coefficient (Wildman–Crippen LogP) is 16.9. The van der Waals surface area contributed by atoms with Crippen LogP contribution >= 0.6 is 24.0 Å². The van der Waals surface area contributed by atoms with Gasteiger partial charge in [-0.15, -0.1) is 24.0 Å². The zero-order valence-corrected chi connectivity index (χ0v) is 34.9. The Bertz CT molecular complexity index is 3960. The fourth-order valence-corrected chi connectivity index (χ4v) is 11.8. The molecule has 4 heteroatoms. The Morgan fingerprint density at radius 1 is 0.393 bits per heavy atom. The van der Waals surface area contributed by atoms with Gasteiger partial charge in [-0.2, -0.15) is 0 Å². The molecule has 0 aliphatic carbocycles. The van der Waals surface area contributed by atoms with Crippen molar-refractivity contribution in [3.63, 3.8) is 0 Å². The highest BCUT2D eigenvalue weighted by atomic mass is 32.1. The van der Waals surface area contributed by atoms with E-state index in [1.54, 1.807) is 0 Å². The Labute approximate surface area is 361 Å². The summed E-state index contributed by atoms with van der Waals surface area (Å²) in [7, 11) is 0. The van der Waals surface area contributed by atoms with Gasteiger partial charge in [0.05, 0.1) is 11.0 Å². The first kappa shape index (κ1) is 34.7. The molecule has 0 saturated carbocycles. The summed E-state index contributed by atoms with van der Waals surface area (Å²) in [4.78, 5) is 8.79. The Morgan fingerprint density at radius 2 is 1.05 bits per heavy atom. The van der Waals surface area contributed by atoms with Crippen LogP contribution in [0.4, 0.5) is 0 Å². The summed E-state index contributed by atoms with van der Waals surface area (Å²) in [5, 5.41) is 12.7. The lowest BCUT2D eigenvalue weighted by Gasteiger charge is -2.18. The van der Waals surface area contributed by atoms with Gasteiger partial charge < -0.3 is 9.97 Å². The van der Waals surface area contributed by atoms with E-state index < -0.39 is 0 Å². The number of benzene rings is 10. The van der Waals surface area contributed by atoms with Crippen LogP contribution in [0.5, 0.6) is 0 Å². The number of rotatable bonds is 4. The molecule has 61 heavy (non-hydrogen) atoms. The maximum Gasteiger partial charge on any atom is 0.0565 e. The van der Waals surface area contributed by atoms with E-state index in [0.29, 0.717) is 0 Å². The van der Waals surface area contributed by atoms with Gasteiger partial charge in [0.15, 0.2) is 0 Å². The zero-order chi connectivity index (χ0) is 40.3. The number of thiol groups is 1. The molecule has 0 amide bonds. The zero-order valence-electron chi connectivity index (χ0n) is 33.2. The molecule has 10 aromatic carbocycles. The van der Waals surface area contributed by atoms with Gasteiger partial charge in [-0.1, -0.05) is 146 Å². The van der Waals surface area contributed by atoms with Gasteiger partial charge in [-0.25, -0.2) is 0 Å². The van der Waals surface area contributed by atoms with Crippen molar-refractivity contribution in [2.45, 2.75) is 11.8 Å². The first-order chi connectivity index (χ1) is 30.1. The molecule has 13 aromatic rings. The molecule has 0 spiro atoms. The molecule has 286 valence electrons. The smallest absolute Gasteiger partial charge is 0.0565 e. The molecule has 0 unspecified atom stereocenters. The number of hydrogen-bond acceptors (Lipinski definition) is 2. The van der Waals surface area contributed by atoms with E-state index >= 15 is 0 Å². The Kier molecular flexibility index (Phi) is 7.51. The largest absolute Gasteiger partial charge is 0.354 e. The van der Waals surface area contributed by atoms with E-state index in [0.717, 1.165) is 27.0 Å². The number of aromatic amines is 2. The van der Waals surface area contributed by atoms with Crippen molar-refractivity contribution in [3.05, 3.63) is 188 Å². The predicted molar refractivity (Wildman–Crippen MR) is 267 cm³/mol. The molecule has 0 aliphatic rings. The lowest BCUT2D eigenvalue weighted by molar-refractivity contribution is 1.44. The van der Waals surface area contributed by atoms with E-state index in [1.165, 1.54) is 113 Å². The van der Waals surface area contributed by atoms with Crippen molar-refractivity contribution in [3.8, 4) is 44.5 Å². The van der Waals surface area contributed by atoms with Gasteiger partial charge in [0.2, 0.25) is 0 Å². The minimum atomic E-state index is 0.967. The number of fused-ring (bicyclic) bond motifs is 15. The second-order valence-corrected chi connectivity index (χ2v) is 17.8. The van der Waals surface area contributed by atoms with Crippen LogP contribution in [0, 0.1) is 6.92 Å². The summed E-state index contributed by atoms with van der Waals surface area (Å²) in [6.07, 6.45) is 0. The van der Waals surface area contributed by atoms with E-state index in [1.807, 2.05) is 11.3 Å². The van der Waals surface area contributed by atoms with Crippen LogP contribution in [-0.2, 0) is 0 Å². The van der Waals surface area contributed by atoms with Crippen LogP contribution in [0.1, 0.15) is 5.56 Å². The number of hydrogen-bond donors (Lipinski definition) is 3. The SMILES string of the molecule is Cc1c(-c2ccccc2S)c2c3ccc(-c4ccccc4)cc3[nH]c2c2cccc(-c3cccc(-c4ccc5[nH]c6c(c5c4)c4ccccc4c4sc5ccccc5c64)c3)c12. The van der Waals surface area contributed by atoms with Crippen molar-refractivity contribution in [1.29, 1.82) is 0 Å². The second-order valence-electron chi connectivity index (χ2n) is 16.3. The number of aryl methyl sites for hydroxylation is 1. The average molecular weight is 813 g/mol. The third-order valence-electron chi connectivity index (χ3n) is 13.0. The molecular formula is C57H36N2S2. The molecule has 0 fully saturated rings. The third-order valence-corrected chi connectivity index (χ3v) is 14.6. The lowest BCUT2D eigenvalue weighted by atomic mass is 9.86. The molecule has 3 aromatic heterocycles. The Hall–Kier alpha value is -7.11. The van der Waals surface area contributed by atoms with Gasteiger partial charge in [0.25, 0.3) is 0 Å². The first-order valence-corrected chi connectivity index (χ1v) is 22.1. The molecule has 13 rings (SSSR count). The van der Waals surface area contributed by atoms with E-state index in [9.17, 15) is 0 Å². The maximum atomic E-state index is 5.05. The van der Waals surface area contributed by atoms with E-state index in [-0.39, 0.29) is 0 Å². The van der Waals surface area contributed by atoms with Gasteiger partial charge in [-0.05, 0) is 104 Å². The number of aromatic nitrogens is 2. The molecule has 0 saturated heterocycles. The fraction of sp³-hybridized carbons (Fsp3) is 0.0175. The van der Waals surface area contributed by atoms with Crippen molar-refractivity contribution < 1.29 is 0 Å². The summed E-state index contributed by atoms with van der Waals surface area (Å²) < 4.78 is 2.66. The van der Waals surface area contributed by atoms with Gasteiger partial charge in [0, 0.05) is 68.4 Å². The topological polar surface area (TPSA) is 31.6 Å². The fourth-order valence-electron chi connectivity index (χ4n) is 10.3. The highest BCUT2D eigenvalue weighted by Gasteiger charge is 2.22. The van der Waals surface area contributed by atoms with Crippen LogP contribution < -0.4 is 0 Å². The molecule has 0 aliphatic heterocycles.